The molecule has 0 saturated heterocycles. The van der Waals surface area contributed by atoms with Gasteiger partial charge >= 0.3 is 0 Å². The molecule has 2 rings (SSSR count). The highest BCUT2D eigenvalue weighted by atomic mass is 16.3. The molecule has 0 spiro atoms. The third-order valence-corrected chi connectivity index (χ3v) is 2.00. The SMILES string of the molecule is NC1=NCN(N)C(c2ccc(O)cc2)=N1. The summed E-state index contributed by atoms with van der Waals surface area (Å²) in [6.07, 6.45) is 0. The maximum Gasteiger partial charge on any atom is 0.219 e. The zero-order valence-electron chi connectivity index (χ0n) is 7.96. The lowest BCUT2D eigenvalue weighted by Crippen LogP contribution is -2.42. The van der Waals surface area contributed by atoms with Crippen LogP contribution in [0.3, 0.4) is 0 Å². The number of hydrazine groups is 1. The van der Waals surface area contributed by atoms with Crippen molar-refractivity contribution in [3.8, 4) is 5.75 Å². The van der Waals surface area contributed by atoms with Crippen LogP contribution in [0.25, 0.3) is 0 Å². The highest BCUT2D eigenvalue weighted by Gasteiger charge is 2.14. The van der Waals surface area contributed by atoms with Crippen LogP contribution < -0.4 is 11.6 Å². The fourth-order valence-corrected chi connectivity index (χ4v) is 1.26. The van der Waals surface area contributed by atoms with E-state index in [1.807, 2.05) is 0 Å². The van der Waals surface area contributed by atoms with Gasteiger partial charge < -0.3 is 10.8 Å². The van der Waals surface area contributed by atoms with Crippen LogP contribution in [0.4, 0.5) is 0 Å². The Morgan fingerprint density at radius 2 is 1.93 bits per heavy atom. The van der Waals surface area contributed by atoms with Crippen molar-refractivity contribution < 1.29 is 5.11 Å². The number of rotatable bonds is 1. The quantitative estimate of drug-likeness (QED) is 0.543. The third kappa shape index (κ3) is 1.89. The topological polar surface area (TPSA) is 100 Å². The molecule has 78 valence electrons. The van der Waals surface area contributed by atoms with Crippen molar-refractivity contribution in [1.82, 2.24) is 5.01 Å². The van der Waals surface area contributed by atoms with E-state index in [-0.39, 0.29) is 18.4 Å². The molecule has 1 aliphatic heterocycles. The first-order valence-electron chi connectivity index (χ1n) is 4.37. The van der Waals surface area contributed by atoms with E-state index in [2.05, 4.69) is 9.98 Å². The highest BCUT2D eigenvalue weighted by molar-refractivity contribution is 6.06. The number of phenols is 1. The monoisotopic (exact) mass is 205 g/mol. The lowest BCUT2D eigenvalue weighted by Gasteiger charge is -2.21. The van der Waals surface area contributed by atoms with Gasteiger partial charge in [-0.2, -0.15) is 4.99 Å². The van der Waals surface area contributed by atoms with Gasteiger partial charge in [0.05, 0.1) is 0 Å². The molecule has 1 aromatic rings. The van der Waals surface area contributed by atoms with Crippen LogP contribution in [0, 0.1) is 0 Å². The molecule has 1 aliphatic rings. The van der Waals surface area contributed by atoms with Crippen molar-refractivity contribution in [2.45, 2.75) is 0 Å². The molecule has 0 fully saturated rings. The minimum atomic E-state index is 0.195. The summed E-state index contributed by atoms with van der Waals surface area (Å²) < 4.78 is 0. The summed E-state index contributed by atoms with van der Waals surface area (Å²) in [5, 5.41) is 10.5. The second-order valence-electron chi connectivity index (χ2n) is 3.11. The van der Waals surface area contributed by atoms with Crippen molar-refractivity contribution in [1.29, 1.82) is 0 Å². The Kier molecular flexibility index (Phi) is 2.26. The fraction of sp³-hybridized carbons (Fsp3) is 0.111. The van der Waals surface area contributed by atoms with Gasteiger partial charge in [-0.15, -0.1) is 0 Å². The van der Waals surface area contributed by atoms with Crippen LogP contribution in [-0.2, 0) is 0 Å². The zero-order valence-corrected chi connectivity index (χ0v) is 7.96. The number of guanidine groups is 1. The summed E-state index contributed by atoms with van der Waals surface area (Å²) in [6.45, 7) is 0.283. The predicted molar refractivity (Wildman–Crippen MR) is 57.2 cm³/mol. The number of nitrogens with zero attached hydrogens (tertiary/aromatic N) is 3. The molecule has 6 heteroatoms. The van der Waals surface area contributed by atoms with E-state index >= 15 is 0 Å². The van der Waals surface area contributed by atoms with Crippen LogP contribution in [0.5, 0.6) is 5.75 Å². The number of hydrogen-bond donors (Lipinski definition) is 3. The molecular formula is C9H11N5O. The number of phenolic OH excluding ortho intramolecular Hbond substituents is 1. The number of benzene rings is 1. The molecule has 0 bridgehead atoms. The molecule has 6 nitrogen and oxygen atoms in total. The van der Waals surface area contributed by atoms with Gasteiger partial charge in [-0.3, -0.25) is 5.01 Å². The molecule has 0 radical (unpaired) electrons. The third-order valence-electron chi connectivity index (χ3n) is 2.00. The van der Waals surface area contributed by atoms with Crippen LogP contribution in [0.1, 0.15) is 5.56 Å². The summed E-state index contributed by atoms with van der Waals surface area (Å²) in [4.78, 5) is 7.89. The number of aliphatic imine (C=N–C) groups is 2. The molecule has 5 N–H and O–H groups in total. The number of hydrogen-bond acceptors (Lipinski definition) is 6. The summed E-state index contributed by atoms with van der Waals surface area (Å²) in [7, 11) is 0. The van der Waals surface area contributed by atoms with E-state index in [0.29, 0.717) is 5.84 Å². The van der Waals surface area contributed by atoms with Crippen LogP contribution in [0.15, 0.2) is 34.3 Å². The second-order valence-corrected chi connectivity index (χ2v) is 3.11. The van der Waals surface area contributed by atoms with E-state index in [0.717, 1.165) is 5.56 Å². The Labute approximate surface area is 86.5 Å². The van der Waals surface area contributed by atoms with Crippen LogP contribution in [0.2, 0.25) is 0 Å². The number of aromatic hydroxyl groups is 1. The lowest BCUT2D eigenvalue weighted by molar-refractivity contribution is 0.450. The smallest absolute Gasteiger partial charge is 0.219 e. The predicted octanol–water partition coefficient (Wildman–Crippen LogP) is -0.400. The minimum Gasteiger partial charge on any atom is -0.508 e. The summed E-state index contributed by atoms with van der Waals surface area (Å²) in [5.74, 6) is 6.64. The molecule has 0 amide bonds. The van der Waals surface area contributed by atoms with Gasteiger partial charge in [0.2, 0.25) is 5.96 Å². The normalized spacial score (nSPS) is 15.9. The molecule has 0 aliphatic carbocycles. The Hall–Kier alpha value is -2.08. The van der Waals surface area contributed by atoms with Gasteiger partial charge in [0.1, 0.15) is 12.4 Å². The summed E-state index contributed by atoms with van der Waals surface area (Å²) in [6, 6.07) is 6.56. The maximum atomic E-state index is 9.14. The highest BCUT2D eigenvalue weighted by Crippen LogP contribution is 2.12. The Balaban J connectivity index is 2.37. The molecular weight excluding hydrogens is 194 g/mol. The molecule has 0 unspecified atom stereocenters. The van der Waals surface area contributed by atoms with Crippen molar-refractivity contribution >= 4 is 11.8 Å². The minimum absolute atomic E-state index is 0.195. The first-order valence-corrected chi connectivity index (χ1v) is 4.37. The number of nitrogens with two attached hydrogens (primary N) is 2. The van der Waals surface area contributed by atoms with Crippen molar-refractivity contribution in [3.63, 3.8) is 0 Å². The van der Waals surface area contributed by atoms with Gasteiger partial charge in [0, 0.05) is 5.56 Å². The van der Waals surface area contributed by atoms with Gasteiger partial charge in [-0.1, -0.05) is 0 Å². The maximum absolute atomic E-state index is 9.14. The Morgan fingerprint density at radius 3 is 2.60 bits per heavy atom. The summed E-state index contributed by atoms with van der Waals surface area (Å²) >= 11 is 0. The van der Waals surface area contributed by atoms with Gasteiger partial charge in [0.25, 0.3) is 0 Å². The van der Waals surface area contributed by atoms with Gasteiger partial charge in [-0.25, -0.2) is 10.8 Å². The summed E-state index contributed by atoms with van der Waals surface area (Å²) in [5.41, 5.74) is 6.27. The zero-order chi connectivity index (χ0) is 10.8. The Bertz CT molecular complexity index is 423. The van der Waals surface area contributed by atoms with E-state index in [1.54, 1.807) is 24.3 Å². The van der Waals surface area contributed by atoms with Gasteiger partial charge in [-0.05, 0) is 24.3 Å². The Morgan fingerprint density at radius 1 is 1.27 bits per heavy atom. The average Bonchev–Trinajstić information content (AvgIpc) is 2.23. The van der Waals surface area contributed by atoms with E-state index in [1.165, 1.54) is 5.01 Å². The van der Waals surface area contributed by atoms with E-state index < -0.39 is 0 Å². The molecule has 0 aromatic heterocycles. The van der Waals surface area contributed by atoms with Crippen molar-refractivity contribution in [2.75, 3.05) is 6.67 Å². The van der Waals surface area contributed by atoms with E-state index in [4.69, 9.17) is 16.7 Å². The lowest BCUT2D eigenvalue weighted by atomic mass is 10.2. The van der Waals surface area contributed by atoms with Gasteiger partial charge in [0.15, 0.2) is 5.84 Å². The van der Waals surface area contributed by atoms with Crippen molar-refractivity contribution in [2.24, 2.45) is 21.6 Å². The second kappa shape index (κ2) is 3.58. The standard InChI is InChI=1S/C9H11N5O/c10-9-12-5-14(11)8(13-9)6-1-3-7(15)4-2-6/h1-4,15H,5,11H2,(H2,10,12). The van der Waals surface area contributed by atoms with Crippen LogP contribution in [-0.4, -0.2) is 28.6 Å². The largest absolute Gasteiger partial charge is 0.508 e. The fourth-order valence-electron chi connectivity index (χ4n) is 1.26. The first kappa shape index (κ1) is 9.47. The van der Waals surface area contributed by atoms with E-state index in [9.17, 15) is 0 Å². The molecule has 0 atom stereocenters. The van der Waals surface area contributed by atoms with Crippen LogP contribution >= 0.6 is 0 Å². The first-order chi connectivity index (χ1) is 7.16. The molecule has 0 saturated carbocycles. The average molecular weight is 205 g/mol. The number of amidine groups is 1. The molecule has 1 heterocycles. The molecule has 1 aromatic carbocycles. The molecule has 15 heavy (non-hydrogen) atoms. The van der Waals surface area contributed by atoms with Crippen molar-refractivity contribution in [3.05, 3.63) is 29.8 Å².